The van der Waals surface area contributed by atoms with Gasteiger partial charge in [0.25, 0.3) is 0 Å². The van der Waals surface area contributed by atoms with Gasteiger partial charge in [0.2, 0.25) is 0 Å². The lowest BCUT2D eigenvalue weighted by Gasteiger charge is -2.18. The second kappa shape index (κ2) is 11.2. The molecule has 0 saturated heterocycles. The number of rotatable bonds is 6. The molecule has 222 valence electrons. The minimum absolute atomic E-state index is 0.791. The van der Waals surface area contributed by atoms with Gasteiger partial charge in [-0.05, 0) is 35.4 Å². The molecule has 0 N–H and O–H groups in total. The van der Waals surface area contributed by atoms with E-state index < -0.39 is 0 Å². The van der Waals surface area contributed by atoms with E-state index in [9.17, 15) is 0 Å². The van der Waals surface area contributed by atoms with E-state index in [0.717, 1.165) is 83.9 Å². The second-order valence-corrected chi connectivity index (χ2v) is 11.5. The zero-order valence-corrected chi connectivity index (χ0v) is 25.4. The first-order chi connectivity index (χ1) is 23.3. The Morgan fingerprint density at radius 1 is 0.426 bits per heavy atom. The van der Waals surface area contributed by atoms with Crippen molar-refractivity contribution in [3.63, 3.8) is 0 Å². The average molecular weight is 605 g/mol. The maximum atomic E-state index is 6.82. The summed E-state index contributed by atoms with van der Waals surface area (Å²) in [5, 5.41) is 2.13. The van der Waals surface area contributed by atoms with E-state index in [4.69, 9.17) is 13.8 Å². The fraction of sp³-hybridized carbons (Fsp3) is 0. The Labute approximate surface area is 271 Å². The number of imidazole rings is 1. The van der Waals surface area contributed by atoms with Crippen LogP contribution in [-0.2, 0) is 0 Å². The molecule has 0 amide bonds. The molecule has 0 fully saturated rings. The SMILES string of the molecule is c1ccc(-c2c(-c3cccc(-c4oc5ccccc5c4-c4ccccc4)c3-n3ccnc3-c3ccccc3)oc3ccccc23)cc1. The highest BCUT2D eigenvalue weighted by Gasteiger charge is 2.27. The Bertz CT molecular complexity index is 2370. The molecule has 0 atom stereocenters. The van der Waals surface area contributed by atoms with Crippen LogP contribution in [0.4, 0.5) is 0 Å². The van der Waals surface area contributed by atoms with Gasteiger partial charge in [-0.2, -0.15) is 0 Å². The Morgan fingerprint density at radius 2 is 0.872 bits per heavy atom. The Morgan fingerprint density at radius 3 is 1.38 bits per heavy atom. The summed E-state index contributed by atoms with van der Waals surface area (Å²) in [5.74, 6) is 2.41. The molecule has 3 heterocycles. The lowest BCUT2D eigenvalue weighted by molar-refractivity contribution is 0.629. The third-order valence-corrected chi connectivity index (χ3v) is 8.75. The molecule has 9 rings (SSSR count). The number of para-hydroxylation sites is 3. The van der Waals surface area contributed by atoms with E-state index in [1.54, 1.807) is 0 Å². The van der Waals surface area contributed by atoms with Gasteiger partial charge in [0, 0.05) is 51.0 Å². The van der Waals surface area contributed by atoms with Crippen molar-refractivity contribution in [1.29, 1.82) is 0 Å². The fourth-order valence-electron chi connectivity index (χ4n) is 6.71. The van der Waals surface area contributed by atoms with Crippen LogP contribution >= 0.6 is 0 Å². The molecule has 4 nitrogen and oxygen atoms in total. The molecule has 0 aliphatic carbocycles. The summed E-state index contributed by atoms with van der Waals surface area (Å²) >= 11 is 0. The summed E-state index contributed by atoms with van der Waals surface area (Å²) < 4.78 is 15.8. The number of aromatic nitrogens is 2. The van der Waals surface area contributed by atoms with Crippen LogP contribution < -0.4 is 0 Å². The van der Waals surface area contributed by atoms with Gasteiger partial charge in [0.1, 0.15) is 28.5 Å². The average Bonchev–Trinajstić information content (AvgIpc) is 3.88. The zero-order chi connectivity index (χ0) is 31.2. The first-order valence-electron chi connectivity index (χ1n) is 15.7. The predicted molar refractivity (Wildman–Crippen MR) is 190 cm³/mol. The first kappa shape index (κ1) is 27.0. The number of hydrogen-bond acceptors (Lipinski definition) is 3. The first-order valence-corrected chi connectivity index (χ1v) is 15.7. The molecular formula is C43H28N2O2. The monoisotopic (exact) mass is 604 g/mol. The minimum Gasteiger partial charge on any atom is -0.455 e. The van der Waals surface area contributed by atoms with Gasteiger partial charge < -0.3 is 8.83 Å². The Balaban J connectivity index is 1.41. The lowest BCUT2D eigenvalue weighted by atomic mass is 9.93. The smallest absolute Gasteiger partial charge is 0.145 e. The van der Waals surface area contributed by atoms with Gasteiger partial charge in [-0.25, -0.2) is 4.98 Å². The summed E-state index contributed by atoms with van der Waals surface area (Å²) in [4.78, 5) is 4.88. The molecule has 0 unspecified atom stereocenters. The molecular weight excluding hydrogens is 576 g/mol. The summed E-state index contributed by atoms with van der Waals surface area (Å²) in [6, 6.07) is 54.1. The van der Waals surface area contributed by atoms with Gasteiger partial charge in [-0.15, -0.1) is 0 Å². The molecule has 0 aliphatic rings. The molecule has 0 spiro atoms. The highest BCUT2D eigenvalue weighted by atomic mass is 16.3. The van der Waals surface area contributed by atoms with Crippen molar-refractivity contribution in [2.75, 3.05) is 0 Å². The van der Waals surface area contributed by atoms with E-state index in [1.807, 2.05) is 67.0 Å². The van der Waals surface area contributed by atoms with E-state index in [2.05, 4.69) is 108 Å². The van der Waals surface area contributed by atoms with Crippen LogP contribution in [0.3, 0.4) is 0 Å². The largest absolute Gasteiger partial charge is 0.455 e. The molecule has 0 aliphatic heterocycles. The Kier molecular flexibility index (Phi) is 6.43. The minimum atomic E-state index is 0.791. The van der Waals surface area contributed by atoms with Crippen molar-refractivity contribution < 1.29 is 8.83 Å². The van der Waals surface area contributed by atoms with Crippen molar-refractivity contribution in [3.8, 4) is 62.0 Å². The maximum Gasteiger partial charge on any atom is 0.145 e. The Hall–Kier alpha value is -6.39. The van der Waals surface area contributed by atoms with Crippen LogP contribution in [0.25, 0.3) is 83.9 Å². The summed E-state index contributed by atoms with van der Waals surface area (Å²) in [5.41, 5.74) is 9.76. The summed E-state index contributed by atoms with van der Waals surface area (Å²) in [6.07, 6.45) is 3.89. The van der Waals surface area contributed by atoms with E-state index in [-0.39, 0.29) is 0 Å². The quantitative estimate of drug-likeness (QED) is 0.190. The molecule has 0 saturated carbocycles. The zero-order valence-electron chi connectivity index (χ0n) is 25.4. The van der Waals surface area contributed by atoms with E-state index in [0.29, 0.717) is 0 Å². The topological polar surface area (TPSA) is 44.1 Å². The number of furan rings is 2. The highest BCUT2D eigenvalue weighted by molar-refractivity contribution is 6.06. The van der Waals surface area contributed by atoms with Crippen LogP contribution in [0.2, 0.25) is 0 Å². The van der Waals surface area contributed by atoms with Crippen LogP contribution in [0.15, 0.2) is 179 Å². The van der Waals surface area contributed by atoms with Gasteiger partial charge in [0.15, 0.2) is 0 Å². The van der Waals surface area contributed by atoms with Crippen molar-refractivity contribution in [1.82, 2.24) is 9.55 Å². The van der Waals surface area contributed by atoms with Crippen LogP contribution in [-0.4, -0.2) is 9.55 Å². The van der Waals surface area contributed by atoms with Crippen LogP contribution in [0.1, 0.15) is 0 Å². The third kappa shape index (κ3) is 4.50. The molecule has 47 heavy (non-hydrogen) atoms. The van der Waals surface area contributed by atoms with Crippen LogP contribution in [0.5, 0.6) is 0 Å². The normalized spacial score (nSPS) is 11.4. The second-order valence-electron chi connectivity index (χ2n) is 11.5. The standard InChI is InChI=1S/C43H28N2O2/c1-4-15-29(16-5-1)38-32-21-10-12-25-36(32)46-41(38)34-23-14-24-35(40(34)45-28-27-44-43(45)31-19-8-3-9-20-31)42-39(30-17-6-2-7-18-30)33-22-11-13-26-37(33)47-42/h1-28H. The number of fused-ring (bicyclic) bond motifs is 2. The number of benzene rings is 6. The summed E-state index contributed by atoms with van der Waals surface area (Å²) in [6.45, 7) is 0. The highest BCUT2D eigenvalue weighted by Crippen LogP contribution is 2.48. The summed E-state index contributed by atoms with van der Waals surface area (Å²) in [7, 11) is 0. The number of nitrogens with zero attached hydrogens (tertiary/aromatic N) is 2. The van der Waals surface area contributed by atoms with E-state index >= 15 is 0 Å². The third-order valence-electron chi connectivity index (χ3n) is 8.75. The lowest BCUT2D eigenvalue weighted by Crippen LogP contribution is -2.02. The van der Waals surface area contributed by atoms with Crippen LogP contribution in [0, 0.1) is 0 Å². The van der Waals surface area contributed by atoms with E-state index in [1.165, 1.54) is 0 Å². The van der Waals surface area contributed by atoms with Gasteiger partial charge in [-0.1, -0.05) is 133 Å². The fourth-order valence-corrected chi connectivity index (χ4v) is 6.71. The van der Waals surface area contributed by atoms with Gasteiger partial charge in [0.05, 0.1) is 5.69 Å². The molecule has 4 heteroatoms. The van der Waals surface area contributed by atoms with Crippen molar-refractivity contribution in [3.05, 3.63) is 170 Å². The molecule has 9 aromatic rings. The predicted octanol–water partition coefficient (Wildman–Crippen LogP) is 11.7. The molecule has 0 radical (unpaired) electrons. The van der Waals surface area contributed by atoms with Gasteiger partial charge in [-0.3, -0.25) is 4.57 Å². The van der Waals surface area contributed by atoms with Crippen molar-refractivity contribution in [2.24, 2.45) is 0 Å². The molecule has 3 aromatic heterocycles. The molecule has 6 aromatic carbocycles. The number of hydrogen-bond donors (Lipinski definition) is 0. The molecule has 0 bridgehead atoms. The van der Waals surface area contributed by atoms with Gasteiger partial charge >= 0.3 is 0 Å². The maximum absolute atomic E-state index is 6.82. The van der Waals surface area contributed by atoms with Crippen molar-refractivity contribution in [2.45, 2.75) is 0 Å². The van der Waals surface area contributed by atoms with Crippen molar-refractivity contribution >= 4 is 21.9 Å².